The standard InChI is InChI=1S/C12H19NO2S/c14-9-7-13(8-10-15)6-5-11-1-3-12(16)4-2-11/h1-4,14-16H,5-10H2. The first-order chi connectivity index (χ1) is 7.76. The Hall–Kier alpha value is -0.550. The number of nitrogens with zero attached hydrogens (tertiary/aromatic N) is 1. The SMILES string of the molecule is OCCN(CCO)CCc1ccc(S)cc1. The number of rotatable bonds is 7. The molecule has 0 aliphatic carbocycles. The Balaban J connectivity index is 2.38. The molecule has 90 valence electrons. The van der Waals surface area contributed by atoms with Crippen LogP contribution in [0.15, 0.2) is 29.2 Å². The Morgan fingerprint density at radius 3 is 2.00 bits per heavy atom. The highest BCUT2D eigenvalue weighted by Crippen LogP contribution is 2.08. The van der Waals surface area contributed by atoms with Gasteiger partial charge in [0, 0.05) is 24.5 Å². The van der Waals surface area contributed by atoms with Crippen molar-refractivity contribution < 1.29 is 10.2 Å². The van der Waals surface area contributed by atoms with E-state index in [1.165, 1.54) is 5.56 Å². The smallest absolute Gasteiger partial charge is 0.0558 e. The monoisotopic (exact) mass is 241 g/mol. The maximum atomic E-state index is 8.86. The van der Waals surface area contributed by atoms with Gasteiger partial charge in [0.25, 0.3) is 0 Å². The van der Waals surface area contributed by atoms with Gasteiger partial charge in [-0.1, -0.05) is 12.1 Å². The molecule has 1 aromatic carbocycles. The summed E-state index contributed by atoms with van der Waals surface area (Å²) in [7, 11) is 0. The van der Waals surface area contributed by atoms with E-state index in [0.717, 1.165) is 17.9 Å². The number of thiol groups is 1. The first-order valence-corrected chi connectivity index (χ1v) is 5.93. The van der Waals surface area contributed by atoms with Crippen molar-refractivity contribution in [2.75, 3.05) is 32.8 Å². The van der Waals surface area contributed by atoms with Crippen LogP contribution in [-0.4, -0.2) is 48.0 Å². The second-order valence-electron chi connectivity index (χ2n) is 3.71. The van der Waals surface area contributed by atoms with Gasteiger partial charge in [-0.3, -0.25) is 4.90 Å². The van der Waals surface area contributed by atoms with Crippen LogP contribution in [0.4, 0.5) is 0 Å². The summed E-state index contributed by atoms with van der Waals surface area (Å²) in [5.74, 6) is 0. The van der Waals surface area contributed by atoms with Crippen LogP contribution in [0.3, 0.4) is 0 Å². The normalized spacial score (nSPS) is 11.0. The predicted molar refractivity (Wildman–Crippen MR) is 68.0 cm³/mol. The molecule has 0 bridgehead atoms. The van der Waals surface area contributed by atoms with E-state index in [0.29, 0.717) is 13.1 Å². The topological polar surface area (TPSA) is 43.7 Å². The third-order valence-electron chi connectivity index (χ3n) is 2.49. The molecule has 0 atom stereocenters. The number of hydrogen-bond donors (Lipinski definition) is 3. The summed E-state index contributed by atoms with van der Waals surface area (Å²) in [6.45, 7) is 2.36. The van der Waals surface area contributed by atoms with E-state index in [2.05, 4.69) is 29.7 Å². The highest BCUT2D eigenvalue weighted by molar-refractivity contribution is 7.80. The van der Waals surface area contributed by atoms with Gasteiger partial charge in [0.1, 0.15) is 0 Å². The average molecular weight is 241 g/mol. The quantitative estimate of drug-likeness (QED) is 0.619. The fourth-order valence-electron chi connectivity index (χ4n) is 1.57. The molecule has 3 nitrogen and oxygen atoms in total. The molecular weight excluding hydrogens is 222 g/mol. The molecule has 0 radical (unpaired) electrons. The van der Waals surface area contributed by atoms with Gasteiger partial charge in [-0.25, -0.2) is 0 Å². The molecule has 0 saturated heterocycles. The van der Waals surface area contributed by atoms with Crippen LogP contribution in [-0.2, 0) is 6.42 Å². The molecule has 2 N–H and O–H groups in total. The molecule has 0 aliphatic rings. The van der Waals surface area contributed by atoms with E-state index < -0.39 is 0 Å². The molecular formula is C12H19NO2S. The van der Waals surface area contributed by atoms with Crippen molar-refractivity contribution in [3.63, 3.8) is 0 Å². The van der Waals surface area contributed by atoms with Crippen molar-refractivity contribution in [2.45, 2.75) is 11.3 Å². The lowest BCUT2D eigenvalue weighted by Crippen LogP contribution is -2.31. The largest absolute Gasteiger partial charge is 0.395 e. The summed E-state index contributed by atoms with van der Waals surface area (Å²) in [6, 6.07) is 8.05. The van der Waals surface area contributed by atoms with E-state index in [4.69, 9.17) is 10.2 Å². The van der Waals surface area contributed by atoms with Gasteiger partial charge in [-0.2, -0.15) is 0 Å². The molecule has 1 rings (SSSR count). The van der Waals surface area contributed by atoms with Gasteiger partial charge in [0.2, 0.25) is 0 Å². The molecule has 0 aromatic heterocycles. The second-order valence-corrected chi connectivity index (χ2v) is 4.22. The lowest BCUT2D eigenvalue weighted by Gasteiger charge is -2.19. The lowest BCUT2D eigenvalue weighted by atomic mass is 10.1. The third kappa shape index (κ3) is 4.99. The number of benzene rings is 1. The summed E-state index contributed by atoms with van der Waals surface area (Å²) < 4.78 is 0. The van der Waals surface area contributed by atoms with Crippen molar-refractivity contribution >= 4 is 12.6 Å². The molecule has 0 heterocycles. The zero-order chi connectivity index (χ0) is 11.8. The maximum absolute atomic E-state index is 8.86. The van der Waals surface area contributed by atoms with Crippen molar-refractivity contribution in [2.24, 2.45) is 0 Å². The van der Waals surface area contributed by atoms with Crippen molar-refractivity contribution in [1.82, 2.24) is 4.90 Å². The van der Waals surface area contributed by atoms with Gasteiger partial charge >= 0.3 is 0 Å². The maximum Gasteiger partial charge on any atom is 0.0558 e. The number of aliphatic hydroxyl groups excluding tert-OH is 2. The fraction of sp³-hybridized carbons (Fsp3) is 0.500. The van der Waals surface area contributed by atoms with E-state index >= 15 is 0 Å². The van der Waals surface area contributed by atoms with Crippen molar-refractivity contribution in [1.29, 1.82) is 0 Å². The van der Waals surface area contributed by atoms with E-state index in [9.17, 15) is 0 Å². The molecule has 0 spiro atoms. The molecule has 0 fully saturated rings. The van der Waals surface area contributed by atoms with Crippen LogP contribution in [0.25, 0.3) is 0 Å². The molecule has 4 heteroatoms. The summed E-state index contributed by atoms with van der Waals surface area (Å²) in [5.41, 5.74) is 1.25. The van der Waals surface area contributed by atoms with Crippen molar-refractivity contribution in [3.8, 4) is 0 Å². The van der Waals surface area contributed by atoms with Gasteiger partial charge in [0.15, 0.2) is 0 Å². The highest BCUT2D eigenvalue weighted by atomic mass is 32.1. The molecule has 1 aromatic rings. The van der Waals surface area contributed by atoms with Crippen LogP contribution in [0.1, 0.15) is 5.56 Å². The minimum atomic E-state index is 0.135. The van der Waals surface area contributed by atoms with E-state index in [-0.39, 0.29) is 13.2 Å². The first-order valence-electron chi connectivity index (χ1n) is 5.48. The van der Waals surface area contributed by atoms with Crippen molar-refractivity contribution in [3.05, 3.63) is 29.8 Å². The van der Waals surface area contributed by atoms with E-state index in [1.54, 1.807) is 0 Å². The Labute approximate surface area is 102 Å². The Kier molecular flexibility index (Phi) is 6.49. The predicted octanol–water partition coefficient (Wildman–Crippen LogP) is 0.804. The van der Waals surface area contributed by atoms with Crippen LogP contribution >= 0.6 is 12.6 Å². The Morgan fingerprint density at radius 2 is 1.50 bits per heavy atom. The summed E-state index contributed by atoms with van der Waals surface area (Å²) in [5, 5.41) is 17.7. The summed E-state index contributed by atoms with van der Waals surface area (Å²) in [6.07, 6.45) is 0.925. The van der Waals surface area contributed by atoms with Crippen LogP contribution < -0.4 is 0 Å². The van der Waals surface area contributed by atoms with Gasteiger partial charge in [-0.05, 0) is 24.1 Å². The first kappa shape index (κ1) is 13.5. The fourth-order valence-corrected chi connectivity index (χ4v) is 1.72. The molecule has 0 amide bonds. The molecule has 16 heavy (non-hydrogen) atoms. The minimum Gasteiger partial charge on any atom is -0.395 e. The Morgan fingerprint density at radius 1 is 0.938 bits per heavy atom. The third-order valence-corrected chi connectivity index (χ3v) is 2.78. The zero-order valence-corrected chi connectivity index (χ0v) is 10.2. The minimum absolute atomic E-state index is 0.135. The molecule has 0 aliphatic heterocycles. The summed E-state index contributed by atoms with van der Waals surface area (Å²) in [4.78, 5) is 3.01. The van der Waals surface area contributed by atoms with E-state index in [1.807, 2.05) is 12.1 Å². The Bertz CT molecular complexity index is 284. The average Bonchev–Trinajstić information content (AvgIpc) is 2.29. The van der Waals surface area contributed by atoms with Gasteiger partial charge in [0.05, 0.1) is 13.2 Å². The van der Waals surface area contributed by atoms with Crippen LogP contribution in [0.5, 0.6) is 0 Å². The second kappa shape index (κ2) is 7.68. The summed E-state index contributed by atoms with van der Waals surface area (Å²) >= 11 is 4.23. The molecule has 0 saturated carbocycles. The number of hydrogen-bond acceptors (Lipinski definition) is 4. The zero-order valence-electron chi connectivity index (χ0n) is 9.34. The van der Waals surface area contributed by atoms with Gasteiger partial charge < -0.3 is 10.2 Å². The lowest BCUT2D eigenvalue weighted by molar-refractivity contribution is 0.162. The van der Waals surface area contributed by atoms with Gasteiger partial charge in [-0.15, -0.1) is 12.6 Å². The van der Waals surface area contributed by atoms with Crippen LogP contribution in [0, 0.1) is 0 Å². The highest BCUT2D eigenvalue weighted by Gasteiger charge is 2.03. The molecule has 0 unspecified atom stereocenters. The number of aliphatic hydroxyl groups is 2. The van der Waals surface area contributed by atoms with Crippen LogP contribution in [0.2, 0.25) is 0 Å².